The summed E-state index contributed by atoms with van der Waals surface area (Å²) in [7, 11) is 0. The van der Waals surface area contributed by atoms with Crippen molar-refractivity contribution in [2.45, 2.75) is 13.8 Å². The van der Waals surface area contributed by atoms with Gasteiger partial charge in [0.25, 0.3) is 5.91 Å². The van der Waals surface area contributed by atoms with E-state index >= 15 is 0 Å². The number of anilines is 1. The molecule has 2 heterocycles. The zero-order chi connectivity index (χ0) is 24.2. The van der Waals surface area contributed by atoms with Crippen LogP contribution in [0.4, 0.5) is 5.69 Å². The van der Waals surface area contributed by atoms with Gasteiger partial charge in [0.2, 0.25) is 5.88 Å². The molecular formula is C28H23N5O2. The van der Waals surface area contributed by atoms with E-state index in [0.717, 1.165) is 22.5 Å². The first kappa shape index (κ1) is 22.0. The summed E-state index contributed by atoms with van der Waals surface area (Å²) in [6.45, 7) is 3.93. The van der Waals surface area contributed by atoms with Crippen molar-refractivity contribution >= 4 is 11.6 Å². The van der Waals surface area contributed by atoms with Crippen LogP contribution in [0.25, 0.3) is 16.9 Å². The third kappa shape index (κ3) is 4.94. The lowest BCUT2D eigenvalue weighted by molar-refractivity contribution is 0.102. The van der Waals surface area contributed by atoms with Crippen molar-refractivity contribution in [1.29, 1.82) is 0 Å². The molecule has 1 N–H and O–H groups in total. The number of imidazole rings is 1. The average Bonchev–Trinajstić information content (AvgIpc) is 3.24. The molecule has 5 rings (SSSR count). The molecule has 7 heteroatoms. The molecule has 2 aromatic heterocycles. The normalized spacial score (nSPS) is 10.7. The number of hydrogen-bond acceptors (Lipinski definition) is 5. The molecule has 7 nitrogen and oxygen atoms in total. The number of carbonyl (C=O) groups excluding carboxylic acids is 1. The number of ether oxygens (including phenoxy) is 1. The highest BCUT2D eigenvalue weighted by Gasteiger charge is 2.10. The minimum Gasteiger partial charge on any atom is -0.439 e. The van der Waals surface area contributed by atoms with E-state index in [1.807, 2.05) is 73.0 Å². The monoisotopic (exact) mass is 461 g/mol. The second-order valence-electron chi connectivity index (χ2n) is 8.02. The van der Waals surface area contributed by atoms with Gasteiger partial charge < -0.3 is 10.1 Å². The van der Waals surface area contributed by atoms with Crippen LogP contribution in [0, 0.1) is 13.8 Å². The highest BCUT2D eigenvalue weighted by molar-refractivity contribution is 6.04. The van der Waals surface area contributed by atoms with Crippen LogP contribution < -0.4 is 10.1 Å². The van der Waals surface area contributed by atoms with Gasteiger partial charge in [-0.3, -0.25) is 9.36 Å². The van der Waals surface area contributed by atoms with E-state index in [-0.39, 0.29) is 5.91 Å². The van der Waals surface area contributed by atoms with Crippen molar-refractivity contribution in [3.8, 4) is 28.6 Å². The Morgan fingerprint density at radius 3 is 2.23 bits per heavy atom. The van der Waals surface area contributed by atoms with Gasteiger partial charge in [0, 0.05) is 23.0 Å². The van der Waals surface area contributed by atoms with Crippen molar-refractivity contribution < 1.29 is 9.53 Å². The van der Waals surface area contributed by atoms with Gasteiger partial charge >= 0.3 is 0 Å². The predicted molar refractivity (Wildman–Crippen MR) is 135 cm³/mol. The van der Waals surface area contributed by atoms with Crippen LogP contribution in [0.5, 0.6) is 11.6 Å². The van der Waals surface area contributed by atoms with E-state index in [0.29, 0.717) is 28.7 Å². The molecule has 0 saturated carbocycles. The number of aryl methyl sites for hydroxylation is 1. The molecule has 0 bridgehead atoms. The maximum absolute atomic E-state index is 12.7. The van der Waals surface area contributed by atoms with Crippen LogP contribution >= 0.6 is 0 Å². The molecule has 172 valence electrons. The minimum absolute atomic E-state index is 0.176. The fourth-order valence-corrected chi connectivity index (χ4v) is 3.62. The number of amides is 1. The summed E-state index contributed by atoms with van der Waals surface area (Å²) < 4.78 is 7.77. The predicted octanol–water partition coefficient (Wildman–Crippen LogP) is 5.99. The molecule has 0 spiro atoms. The van der Waals surface area contributed by atoms with Gasteiger partial charge in [-0.2, -0.15) is 0 Å². The molecule has 1 amide bonds. The first-order valence-corrected chi connectivity index (χ1v) is 11.1. The number of nitrogens with one attached hydrogen (secondary N) is 1. The summed E-state index contributed by atoms with van der Waals surface area (Å²) in [6.07, 6.45) is 3.18. The maximum atomic E-state index is 12.7. The average molecular weight is 462 g/mol. The summed E-state index contributed by atoms with van der Waals surface area (Å²) in [5, 5.41) is 2.92. The standard InChI is InChI=1S/C28H23N5O2/c1-19-20(2)33(18-31-19)26-16-27(30-17-29-26)35-25-14-12-24(13-15-25)32-28(34)23-10-8-22(9-11-23)21-6-4-3-5-7-21/h3-18H,1-2H3,(H,32,34). The van der Waals surface area contributed by atoms with Crippen LogP contribution in [0.3, 0.4) is 0 Å². The van der Waals surface area contributed by atoms with Crippen molar-refractivity contribution in [3.63, 3.8) is 0 Å². The van der Waals surface area contributed by atoms with Crippen LogP contribution in [0.15, 0.2) is 97.6 Å². The summed E-state index contributed by atoms with van der Waals surface area (Å²) in [5.74, 6) is 1.51. The number of hydrogen-bond donors (Lipinski definition) is 1. The van der Waals surface area contributed by atoms with E-state index in [1.54, 1.807) is 36.7 Å². The SMILES string of the molecule is Cc1ncn(-c2cc(Oc3ccc(NC(=O)c4ccc(-c5ccccc5)cc4)cc3)ncn2)c1C. The van der Waals surface area contributed by atoms with Crippen LogP contribution in [-0.4, -0.2) is 25.4 Å². The number of rotatable bonds is 6. The Bertz CT molecular complexity index is 1460. The summed E-state index contributed by atoms with van der Waals surface area (Å²) in [6, 6.07) is 26.5. The Morgan fingerprint density at radius 1 is 0.829 bits per heavy atom. The zero-order valence-electron chi connectivity index (χ0n) is 19.3. The largest absolute Gasteiger partial charge is 0.439 e. The van der Waals surface area contributed by atoms with Gasteiger partial charge in [-0.15, -0.1) is 0 Å². The Labute approximate surface area is 203 Å². The first-order chi connectivity index (χ1) is 17.1. The first-order valence-electron chi connectivity index (χ1n) is 11.1. The molecule has 0 unspecified atom stereocenters. The topological polar surface area (TPSA) is 81.9 Å². The Hall–Kier alpha value is -4.78. The van der Waals surface area contributed by atoms with Crippen molar-refractivity contribution in [2.75, 3.05) is 5.32 Å². The van der Waals surface area contributed by atoms with Gasteiger partial charge in [0.1, 0.15) is 24.2 Å². The lowest BCUT2D eigenvalue weighted by atomic mass is 10.0. The third-order valence-corrected chi connectivity index (χ3v) is 5.72. The Kier molecular flexibility index (Phi) is 6.05. The number of aromatic nitrogens is 4. The molecule has 35 heavy (non-hydrogen) atoms. The number of nitrogens with zero attached hydrogens (tertiary/aromatic N) is 4. The molecular weight excluding hydrogens is 438 g/mol. The summed E-state index contributed by atoms with van der Waals surface area (Å²) in [4.78, 5) is 25.5. The van der Waals surface area contributed by atoms with Gasteiger partial charge in [-0.05, 0) is 61.4 Å². The molecule has 0 aliphatic carbocycles. The second kappa shape index (κ2) is 9.61. The third-order valence-electron chi connectivity index (χ3n) is 5.72. The molecule has 5 aromatic rings. The van der Waals surface area contributed by atoms with E-state index in [1.165, 1.54) is 6.33 Å². The molecule has 0 saturated heterocycles. The fraction of sp³-hybridized carbons (Fsp3) is 0.0714. The Morgan fingerprint density at radius 2 is 1.54 bits per heavy atom. The molecule has 0 atom stereocenters. The van der Waals surface area contributed by atoms with Gasteiger partial charge in [0.15, 0.2) is 0 Å². The highest BCUT2D eigenvalue weighted by Crippen LogP contribution is 2.24. The quantitative estimate of drug-likeness (QED) is 0.336. The molecule has 0 aliphatic heterocycles. The van der Waals surface area contributed by atoms with Gasteiger partial charge in [-0.25, -0.2) is 15.0 Å². The van der Waals surface area contributed by atoms with Gasteiger partial charge in [-0.1, -0.05) is 42.5 Å². The molecule has 0 aliphatic rings. The van der Waals surface area contributed by atoms with E-state index in [2.05, 4.69) is 20.3 Å². The lowest BCUT2D eigenvalue weighted by Crippen LogP contribution is -2.11. The second-order valence-corrected chi connectivity index (χ2v) is 8.02. The van der Waals surface area contributed by atoms with Crippen LogP contribution in [-0.2, 0) is 0 Å². The summed E-state index contributed by atoms with van der Waals surface area (Å²) in [5.41, 5.74) is 5.38. The lowest BCUT2D eigenvalue weighted by Gasteiger charge is -2.09. The zero-order valence-corrected chi connectivity index (χ0v) is 19.3. The highest BCUT2D eigenvalue weighted by atomic mass is 16.5. The molecule has 0 fully saturated rings. The van der Waals surface area contributed by atoms with Crippen molar-refractivity contribution in [1.82, 2.24) is 19.5 Å². The van der Waals surface area contributed by atoms with Crippen LogP contribution in [0.2, 0.25) is 0 Å². The fourth-order valence-electron chi connectivity index (χ4n) is 3.62. The smallest absolute Gasteiger partial charge is 0.255 e. The van der Waals surface area contributed by atoms with Crippen molar-refractivity contribution in [3.05, 3.63) is 115 Å². The van der Waals surface area contributed by atoms with E-state index in [9.17, 15) is 4.79 Å². The van der Waals surface area contributed by atoms with E-state index in [4.69, 9.17) is 4.74 Å². The van der Waals surface area contributed by atoms with E-state index < -0.39 is 0 Å². The minimum atomic E-state index is -0.176. The Balaban J connectivity index is 1.24. The van der Waals surface area contributed by atoms with Crippen LogP contribution in [0.1, 0.15) is 21.7 Å². The summed E-state index contributed by atoms with van der Waals surface area (Å²) >= 11 is 0. The van der Waals surface area contributed by atoms with Gasteiger partial charge in [0.05, 0.1) is 5.69 Å². The molecule has 3 aromatic carbocycles. The molecule has 0 radical (unpaired) electrons. The number of benzene rings is 3. The maximum Gasteiger partial charge on any atom is 0.255 e. The number of carbonyl (C=O) groups is 1. The van der Waals surface area contributed by atoms with Crippen molar-refractivity contribution in [2.24, 2.45) is 0 Å².